The van der Waals surface area contributed by atoms with Crippen molar-refractivity contribution in [3.05, 3.63) is 65.7 Å². The number of amides is 1. The van der Waals surface area contributed by atoms with Crippen LogP contribution in [0.5, 0.6) is 0 Å². The molecule has 29 heavy (non-hydrogen) atoms. The molecule has 1 atom stereocenters. The highest BCUT2D eigenvalue weighted by atomic mass is 32.2. The number of hydrogen-bond acceptors (Lipinski definition) is 5. The number of nitrogens with zero attached hydrogens (tertiary/aromatic N) is 1. The summed E-state index contributed by atoms with van der Waals surface area (Å²) in [4.78, 5) is 15.0. The second-order valence-electron chi connectivity index (χ2n) is 6.99. The summed E-state index contributed by atoms with van der Waals surface area (Å²) in [6.07, 6.45) is 2.34. The van der Waals surface area contributed by atoms with Gasteiger partial charge in [-0.1, -0.05) is 42.5 Å². The molecule has 0 fully saturated rings. The second-order valence-corrected chi connectivity index (χ2v) is 9.69. The Labute approximate surface area is 178 Å². The number of hydrogen-bond donors (Lipinski definition) is 2. The standard InChI is InChI=1S/C21H29N3O3S2/c1-24(2)16-18-10-8-7-9-17(18)15-22-21(25)20(13-14-28-3)23-29(26,27)19-11-5-4-6-12-19/h4-12,20,23H,13-16H2,1-3H3,(H,22,25). The van der Waals surface area contributed by atoms with E-state index in [2.05, 4.69) is 14.9 Å². The van der Waals surface area contributed by atoms with Crippen molar-refractivity contribution in [3.8, 4) is 0 Å². The zero-order valence-corrected chi connectivity index (χ0v) is 18.7. The van der Waals surface area contributed by atoms with Gasteiger partial charge in [-0.05, 0) is 55.8 Å². The fourth-order valence-corrected chi connectivity index (χ4v) is 4.59. The molecule has 0 spiro atoms. The van der Waals surface area contributed by atoms with E-state index < -0.39 is 16.1 Å². The molecule has 6 nitrogen and oxygen atoms in total. The van der Waals surface area contributed by atoms with E-state index in [-0.39, 0.29) is 10.8 Å². The SMILES string of the molecule is CSCCC(NS(=O)(=O)c1ccccc1)C(=O)NCc1ccccc1CN(C)C. The van der Waals surface area contributed by atoms with Crippen LogP contribution in [0.2, 0.25) is 0 Å². The highest BCUT2D eigenvalue weighted by Gasteiger charge is 2.25. The van der Waals surface area contributed by atoms with Crippen LogP contribution >= 0.6 is 11.8 Å². The van der Waals surface area contributed by atoms with Gasteiger partial charge in [0.15, 0.2) is 0 Å². The van der Waals surface area contributed by atoms with Crippen LogP contribution < -0.4 is 10.0 Å². The van der Waals surface area contributed by atoms with E-state index in [1.165, 1.54) is 12.1 Å². The Balaban J connectivity index is 2.10. The molecule has 158 valence electrons. The summed E-state index contributed by atoms with van der Waals surface area (Å²) < 4.78 is 27.9. The first-order valence-electron chi connectivity index (χ1n) is 9.39. The van der Waals surface area contributed by atoms with Gasteiger partial charge in [0.05, 0.1) is 4.90 Å². The highest BCUT2D eigenvalue weighted by molar-refractivity contribution is 7.98. The number of nitrogens with one attached hydrogen (secondary N) is 2. The first-order chi connectivity index (χ1) is 13.8. The van der Waals surface area contributed by atoms with Crippen molar-refractivity contribution in [1.29, 1.82) is 0 Å². The molecule has 0 radical (unpaired) electrons. The van der Waals surface area contributed by atoms with Crippen LogP contribution in [0.1, 0.15) is 17.5 Å². The van der Waals surface area contributed by atoms with Crippen molar-refractivity contribution in [3.63, 3.8) is 0 Å². The average Bonchev–Trinajstić information content (AvgIpc) is 2.70. The van der Waals surface area contributed by atoms with Gasteiger partial charge in [0, 0.05) is 13.1 Å². The Morgan fingerprint density at radius 3 is 2.28 bits per heavy atom. The summed E-state index contributed by atoms with van der Waals surface area (Å²) >= 11 is 1.57. The molecule has 2 aromatic carbocycles. The van der Waals surface area contributed by atoms with E-state index in [0.717, 1.165) is 17.7 Å². The number of carbonyl (C=O) groups is 1. The molecule has 8 heteroatoms. The predicted molar refractivity (Wildman–Crippen MR) is 119 cm³/mol. The average molecular weight is 436 g/mol. The first kappa shape index (κ1) is 23.4. The van der Waals surface area contributed by atoms with Gasteiger partial charge < -0.3 is 10.2 Å². The van der Waals surface area contributed by atoms with Gasteiger partial charge in [0.25, 0.3) is 0 Å². The molecule has 1 unspecified atom stereocenters. The highest BCUT2D eigenvalue weighted by Crippen LogP contribution is 2.13. The molecule has 0 saturated heterocycles. The third-order valence-corrected chi connectivity index (χ3v) is 6.47. The van der Waals surface area contributed by atoms with Crippen molar-refractivity contribution >= 4 is 27.7 Å². The Bertz CT molecular complexity index is 887. The molecule has 0 aliphatic heterocycles. The van der Waals surface area contributed by atoms with Crippen LogP contribution in [-0.2, 0) is 27.9 Å². The maximum atomic E-state index is 12.8. The van der Waals surface area contributed by atoms with Crippen molar-refractivity contribution in [2.45, 2.75) is 30.4 Å². The van der Waals surface area contributed by atoms with E-state index in [4.69, 9.17) is 0 Å². The number of carbonyl (C=O) groups excluding carboxylic acids is 1. The molecular formula is C21H29N3O3S2. The van der Waals surface area contributed by atoms with Crippen LogP contribution in [0.3, 0.4) is 0 Å². The van der Waals surface area contributed by atoms with E-state index >= 15 is 0 Å². The third kappa shape index (κ3) is 7.47. The van der Waals surface area contributed by atoms with Crippen molar-refractivity contribution in [1.82, 2.24) is 14.9 Å². The van der Waals surface area contributed by atoms with Crippen LogP contribution in [0, 0.1) is 0 Å². The van der Waals surface area contributed by atoms with E-state index in [0.29, 0.717) is 18.7 Å². The Hall–Kier alpha value is -1.87. The van der Waals surface area contributed by atoms with Crippen molar-refractivity contribution in [2.75, 3.05) is 26.1 Å². The third-order valence-electron chi connectivity index (χ3n) is 4.34. The lowest BCUT2D eigenvalue weighted by molar-refractivity contribution is -0.122. The Morgan fingerprint density at radius 1 is 1.03 bits per heavy atom. The zero-order chi connectivity index (χ0) is 21.3. The summed E-state index contributed by atoms with van der Waals surface area (Å²) in [7, 11) is 0.216. The lowest BCUT2D eigenvalue weighted by Crippen LogP contribution is -2.46. The van der Waals surface area contributed by atoms with Gasteiger partial charge in [-0.15, -0.1) is 0 Å². The first-order valence-corrected chi connectivity index (χ1v) is 12.3. The fourth-order valence-electron chi connectivity index (χ4n) is 2.86. The largest absolute Gasteiger partial charge is 0.351 e. The summed E-state index contributed by atoms with van der Waals surface area (Å²) in [6.45, 7) is 1.12. The fraction of sp³-hybridized carbons (Fsp3) is 0.381. The van der Waals surface area contributed by atoms with Gasteiger partial charge in [0.1, 0.15) is 6.04 Å². The molecule has 0 aliphatic rings. The molecule has 0 heterocycles. The quantitative estimate of drug-likeness (QED) is 0.567. The molecule has 0 bridgehead atoms. The summed E-state index contributed by atoms with van der Waals surface area (Å²) in [5.74, 6) is 0.352. The Kier molecular flexibility index (Phi) is 9.16. The van der Waals surface area contributed by atoms with Gasteiger partial charge in [-0.3, -0.25) is 4.79 Å². The van der Waals surface area contributed by atoms with Gasteiger partial charge in [-0.25, -0.2) is 8.42 Å². The molecule has 0 aliphatic carbocycles. The summed E-state index contributed by atoms with van der Waals surface area (Å²) in [6, 6.07) is 15.2. The number of rotatable bonds is 11. The van der Waals surface area contributed by atoms with Gasteiger partial charge >= 0.3 is 0 Å². The summed E-state index contributed by atoms with van der Waals surface area (Å²) in [5, 5.41) is 2.90. The minimum atomic E-state index is -3.77. The molecule has 2 N–H and O–H groups in total. The number of benzene rings is 2. The second kappa shape index (κ2) is 11.3. The molecule has 0 saturated carbocycles. The lowest BCUT2D eigenvalue weighted by atomic mass is 10.1. The zero-order valence-electron chi connectivity index (χ0n) is 17.1. The minimum Gasteiger partial charge on any atom is -0.351 e. The smallest absolute Gasteiger partial charge is 0.241 e. The maximum Gasteiger partial charge on any atom is 0.241 e. The molecule has 1 amide bonds. The Morgan fingerprint density at radius 2 is 1.66 bits per heavy atom. The maximum absolute atomic E-state index is 12.8. The topological polar surface area (TPSA) is 78.5 Å². The van der Waals surface area contributed by atoms with Crippen LogP contribution in [0.4, 0.5) is 0 Å². The van der Waals surface area contributed by atoms with Gasteiger partial charge in [-0.2, -0.15) is 16.5 Å². The van der Waals surface area contributed by atoms with Crippen molar-refractivity contribution < 1.29 is 13.2 Å². The predicted octanol–water partition coefficient (Wildman–Crippen LogP) is 2.46. The van der Waals surface area contributed by atoms with E-state index in [9.17, 15) is 13.2 Å². The normalized spacial score (nSPS) is 12.7. The van der Waals surface area contributed by atoms with Crippen LogP contribution in [0.25, 0.3) is 0 Å². The molecule has 0 aromatic heterocycles. The van der Waals surface area contributed by atoms with Gasteiger partial charge in [0.2, 0.25) is 15.9 Å². The monoisotopic (exact) mass is 435 g/mol. The van der Waals surface area contributed by atoms with E-state index in [1.54, 1.807) is 30.0 Å². The number of thioether (sulfide) groups is 1. The van der Waals surface area contributed by atoms with Crippen molar-refractivity contribution in [2.24, 2.45) is 0 Å². The minimum absolute atomic E-state index is 0.151. The lowest BCUT2D eigenvalue weighted by Gasteiger charge is -2.19. The molecule has 2 aromatic rings. The molecule has 2 rings (SSSR count). The molecular weight excluding hydrogens is 406 g/mol. The van der Waals surface area contributed by atoms with Crippen LogP contribution in [0.15, 0.2) is 59.5 Å². The van der Waals surface area contributed by atoms with E-state index in [1.807, 2.05) is 44.6 Å². The number of sulfonamides is 1. The van der Waals surface area contributed by atoms with Crippen LogP contribution in [-0.4, -0.2) is 51.4 Å². The summed E-state index contributed by atoms with van der Waals surface area (Å²) in [5.41, 5.74) is 2.15.